The summed E-state index contributed by atoms with van der Waals surface area (Å²) in [6.45, 7) is 0.826. The summed E-state index contributed by atoms with van der Waals surface area (Å²) >= 11 is 0. The Morgan fingerprint density at radius 2 is 2.23 bits per heavy atom. The van der Waals surface area contributed by atoms with E-state index in [1.165, 1.54) is 5.01 Å². The molecular weight excluding hydrogens is 172 g/mol. The van der Waals surface area contributed by atoms with Gasteiger partial charge in [0.15, 0.2) is 0 Å². The molecule has 2 fully saturated rings. The van der Waals surface area contributed by atoms with Crippen LogP contribution in [0.3, 0.4) is 0 Å². The number of rotatable bonds is 2. The summed E-state index contributed by atoms with van der Waals surface area (Å²) in [7, 11) is 0. The third kappa shape index (κ3) is 1.10. The van der Waals surface area contributed by atoms with Crippen LogP contribution in [0, 0.1) is 16.2 Å². The molecule has 1 spiro atoms. The maximum atomic E-state index is 10.9. The second kappa shape index (κ2) is 2.68. The molecule has 5 nitrogen and oxygen atoms in total. The topological polar surface area (TPSA) is 70.0 Å². The molecule has 0 bridgehead atoms. The van der Waals surface area contributed by atoms with Crippen LogP contribution in [0.2, 0.25) is 0 Å². The standard InChI is InChI=1S/C8H12N2O3/c11-7(12)6-4-10(9-13)5-8(6)2-1-3-8/h6H,1-5H2,(H,11,12). The van der Waals surface area contributed by atoms with E-state index in [2.05, 4.69) is 5.29 Å². The van der Waals surface area contributed by atoms with Crippen LogP contribution in [-0.2, 0) is 4.79 Å². The van der Waals surface area contributed by atoms with Gasteiger partial charge in [-0.1, -0.05) is 6.42 Å². The van der Waals surface area contributed by atoms with Gasteiger partial charge in [-0.25, -0.2) is 0 Å². The molecule has 1 saturated heterocycles. The highest BCUT2D eigenvalue weighted by Gasteiger charge is 2.54. The van der Waals surface area contributed by atoms with Gasteiger partial charge in [0.05, 0.1) is 17.7 Å². The van der Waals surface area contributed by atoms with Crippen molar-refractivity contribution in [1.82, 2.24) is 5.01 Å². The molecule has 1 saturated carbocycles. The summed E-state index contributed by atoms with van der Waals surface area (Å²) in [5, 5.41) is 13.1. The molecule has 5 heteroatoms. The third-order valence-corrected chi connectivity index (χ3v) is 3.39. The van der Waals surface area contributed by atoms with Crippen molar-refractivity contribution < 1.29 is 9.90 Å². The Hall–Kier alpha value is -1.13. The van der Waals surface area contributed by atoms with Gasteiger partial charge in [0.25, 0.3) is 0 Å². The first kappa shape index (κ1) is 8.47. The number of nitroso groups, excluding NO2 is 1. The normalized spacial score (nSPS) is 30.2. The molecule has 72 valence electrons. The molecule has 1 heterocycles. The van der Waals surface area contributed by atoms with Crippen LogP contribution in [-0.4, -0.2) is 29.2 Å². The van der Waals surface area contributed by atoms with Crippen LogP contribution in [0.5, 0.6) is 0 Å². The van der Waals surface area contributed by atoms with E-state index >= 15 is 0 Å². The molecule has 2 rings (SSSR count). The monoisotopic (exact) mass is 184 g/mol. The van der Waals surface area contributed by atoms with E-state index in [1.807, 2.05) is 0 Å². The molecule has 0 amide bonds. The van der Waals surface area contributed by atoms with Gasteiger partial charge in [0.1, 0.15) is 0 Å². The summed E-state index contributed by atoms with van der Waals surface area (Å²) in [5.74, 6) is -1.18. The van der Waals surface area contributed by atoms with Gasteiger partial charge < -0.3 is 5.11 Å². The van der Waals surface area contributed by atoms with Crippen molar-refractivity contribution in [2.45, 2.75) is 19.3 Å². The Morgan fingerprint density at radius 3 is 2.54 bits per heavy atom. The van der Waals surface area contributed by atoms with Crippen LogP contribution < -0.4 is 0 Å². The minimum atomic E-state index is -0.786. The lowest BCUT2D eigenvalue weighted by molar-refractivity contribution is -0.146. The Labute approximate surface area is 75.7 Å². The largest absolute Gasteiger partial charge is 0.481 e. The molecule has 1 aliphatic heterocycles. The molecule has 0 radical (unpaired) electrons. The van der Waals surface area contributed by atoms with E-state index in [4.69, 9.17) is 5.11 Å². The van der Waals surface area contributed by atoms with Crippen molar-refractivity contribution in [3.8, 4) is 0 Å². The molecule has 13 heavy (non-hydrogen) atoms. The van der Waals surface area contributed by atoms with Gasteiger partial charge >= 0.3 is 5.97 Å². The maximum Gasteiger partial charge on any atom is 0.309 e. The highest BCUT2D eigenvalue weighted by Crippen LogP contribution is 2.51. The number of nitrogens with zero attached hydrogens (tertiary/aromatic N) is 2. The smallest absolute Gasteiger partial charge is 0.309 e. The van der Waals surface area contributed by atoms with Crippen LogP contribution >= 0.6 is 0 Å². The molecule has 1 N–H and O–H groups in total. The van der Waals surface area contributed by atoms with E-state index in [0.717, 1.165) is 19.3 Å². The van der Waals surface area contributed by atoms with Crippen molar-refractivity contribution in [1.29, 1.82) is 0 Å². The van der Waals surface area contributed by atoms with Crippen LogP contribution in [0.4, 0.5) is 0 Å². The first-order valence-corrected chi connectivity index (χ1v) is 4.49. The molecule has 0 aromatic heterocycles. The molecular formula is C8H12N2O3. The number of hydrogen-bond donors (Lipinski definition) is 1. The van der Waals surface area contributed by atoms with Gasteiger partial charge in [0.2, 0.25) is 0 Å². The summed E-state index contributed by atoms with van der Waals surface area (Å²) in [6.07, 6.45) is 2.93. The van der Waals surface area contributed by atoms with Crippen molar-refractivity contribution in [2.24, 2.45) is 16.6 Å². The fraction of sp³-hybridized carbons (Fsp3) is 0.875. The van der Waals surface area contributed by atoms with Gasteiger partial charge in [0, 0.05) is 12.0 Å². The number of carbonyl (C=O) groups is 1. The quantitative estimate of drug-likeness (QED) is 0.646. The summed E-state index contributed by atoms with van der Waals surface area (Å²) in [4.78, 5) is 21.2. The minimum absolute atomic E-state index is 0.139. The first-order valence-electron chi connectivity index (χ1n) is 4.49. The van der Waals surface area contributed by atoms with Gasteiger partial charge in [-0.15, -0.1) is 4.91 Å². The fourth-order valence-corrected chi connectivity index (χ4v) is 2.48. The molecule has 1 unspecified atom stereocenters. The second-order valence-electron chi connectivity index (χ2n) is 4.04. The zero-order valence-electron chi connectivity index (χ0n) is 7.27. The zero-order chi connectivity index (χ0) is 9.47. The van der Waals surface area contributed by atoms with Gasteiger partial charge in [-0.3, -0.25) is 9.80 Å². The van der Waals surface area contributed by atoms with Crippen LogP contribution in [0.25, 0.3) is 0 Å². The molecule has 0 aromatic carbocycles. The lowest BCUT2D eigenvalue weighted by Gasteiger charge is -2.40. The SMILES string of the molecule is O=NN1CC(C(=O)O)C2(CCC2)C1. The minimum Gasteiger partial charge on any atom is -0.481 e. The highest BCUT2D eigenvalue weighted by molar-refractivity contribution is 5.72. The lowest BCUT2D eigenvalue weighted by Crippen LogP contribution is -2.40. The molecule has 1 atom stereocenters. The number of hydrogen-bond acceptors (Lipinski definition) is 3. The average Bonchev–Trinajstić information content (AvgIpc) is 2.42. The molecule has 1 aliphatic carbocycles. The number of carboxylic acids is 1. The van der Waals surface area contributed by atoms with Crippen LogP contribution in [0.1, 0.15) is 19.3 Å². The third-order valence-electron chi connectivity index (χ3n) is 3.39. The fourth-order valence-electron chi connectivity index (χ4n) is 2.48. The Bertz CT molecular complexity index is 250. The Kier molecular flexibility index (Phi) is 1.75. The van der Waals surface area contributed by atoms with E-state index in [1.54, 1.807) is 0 Å². The van der Waals surface area contributed by atoms with Crippen molar-refractivity contribution in [3.05, 3.63) is 4.91 Å². The van der Waals surface area contributed by atoms with Crippen LogP contribution in [0.15, 0.2) is 5.29 Å². The Balaban J connectivity index is 2.16. The summed E-state index contributed by atoms with van der Waals surface area (Å²) in [6, 6.07) is 0. The highest BCUT2D eigenvalue weighted by atomic mass is 16.4. The van der Waals surface area contributed by atoms with E-state index in [9.17, 15) is 9.70 Å². The molecule has 2 aliphatic rings. The van der Waals surface area contributed by atoms with Crippen molar-refractivity contribution >= 4 is 5.97 Å². The second-order valence-corrected chi connectivity index (χ2v) is 4.04. The Morgan fingerprint density at radius 1 is 1.54 bits per heavy atom. The number of carboxylic acid groups (broad SMARTS) is 1. The number of aliphatic carboxylic acids is 1. The van der Waals surface area contributed by atoms with E-state index < -0.39 is 5.97 Å². The van der Waals surface area contributed by atoms with Crippen molar-refractivity contribution in [3.63, 3.8) is 0 Å². The predicted molar refractivity (Wildman–Crippen MR) is 44.8 cm³/mol. The summed E-state index contributed by atoms with van der Waals surface area (Å²) in [5.41, 5.74) is -0.139. The van der Waals surface area contributed by atoms with E-state index in [-0.39, 0.29) is 11.3 Å². The average molecular weight is 184 g/mol. The summed E-state index contributed by atoms with van der Waals surface area (Å²) < 4.78 is 0. The van der Waals surface area contributed by atoms with Crippen molar-refractivity contribution in [2.75, 3.05) is 13.1 Å². The zero-order valence-corrected chi connectivity index (χ0v) is 7.27. The maximum absolute atomic E-state index is 10.9. The first-order chi connectivity index (χ1) is 6.18. The van der Waals surface area contributed by atoms with Gasteiger partial charge in [-0.2, -0.15) is 0 Å². The lowest BCUT2D eigenvalue weighted by atomic mass is 9.63. The molecule has 0 aromatic rings. The predicted octanol–water partition coefficient (Wildman–Crippen LogP) is 0.854. The van der Waals surface area contributed by atoms with E-state index in [0.29, 0.717) is 13.1 Å². The van der Waals surface area contributed by atoms with Gasteiger partial charge in [-0.05, 0) is 12.8 Å².